The molecule has 0 aliphatic carbocycles. The maximum absolute atomic E-state index is 17.2. The third-order valence-corrected chi connectivity index (χ3v) is 17.4. The summed E-state index contributed by atoms with van der Waals surface area (Å²) in [5.41, 5.74) is 26.1. The van der Waals surface area contributed by atoms with Crippen LogP contribution < -0.4 is 76.5 Å². The van der Waals surface area contributed by atoms with Crippen LogP contribution in [0.3, 0.4) is 0 Å². The summed E-state index contributed by atoms with van der Waals surface area (Å²) in [7, 11) is 0. The summed E-state index contributed by atoms with van der Waals surface area (Å²) in [6.07, 6.45) is -13.8. The summed E-state index contributed by atoms with van der Waals surface area (Å²) >= 11 is 0. The van der Waals surface area contributed by atoms with Gasteiger partial charge in [-0.25, -0.2) is 19.2 Å². The molecule has 0 radical (unpaired) electrons. The number of halogens is 3. The third kappa shape index (κ3) is 34.5. The number of anilines is 1. The van der Waals surface area contributed by atoms with Crippen LogP contribution in [0, 0.1) is 39.9 Å². The van der Waals surface area contributed by atoms with Crippen molar-refractivity contribution in [3.05, 3.63) is 65.7 Å². The summed E-state index contributed by atoms with van der Waals surface area (Å²) in [5, 5.41) is 78.0. The minimum Gasteiger partial charge on any atom is -0.480 e. The van der Waals surface area contributed by atoms with Gasteiger partial charge in [-0.1, -0.05) is 132 Å². The maximum atomic E-state index is 17.2. The molecule has 14 atom stereocenters. The summed E-state index contributed by atoms with van der Waals surface area (Å²) in [6, 6.07) is -3.26. The van der Waals surface area contributed by atoms with Gasteiger partial charge in [0.1, 0.15) is 54.5 Å². The van der Waals surface area contributed by atoms with Crippen molar-refractivity contribution < 1.29 is 120 Å². The minimum atomic E-state index is -5.08. The Morgan fingerprint density at radius 1 is 0.612 bits per heavy atom. The van der Waals surface area contributed by atoms with Crippen molar-refractivity contribution in [2.45, 2.75) is 246 Å². The Kier molecular flexibility index (Phi) is 41.3. The summed E-state index contributed by atoms with van der Waals surface area (Å²) in [5.74, 6) is -25.7. The van der Waals surface area contributed by atoms with Crippen LogP contribution >= 0.6 is 0 Å². The highest BCUT2D eigenvalue weighted by molar-refractivity contribution is 6.23. The minimum absolute atomic E-state index is 0.0622. The molecule has 0 aliphatic heterocycles. The molecule has 0 saturated carbocycles. The number of hydrogen-bond acceptors (Lipinski definition) is 24. The van der Waals surface area contributed by atoms with Crippen LogP contribution in [0.1, 0.15) is 160 Å². The van der Waals surface area contributed by atoms with Crippen LogP contribution in [0.15, 0.2) is 54.6 Å². The van der Waals surface area contributed by atoms with Crippen molar-refractivity contribution in [2.75, 3.05) is 25.0 Å². The number of ketones is 2. The zero-order valence-corrected chi connectivity index (χ0v) is 68.3. The molecule has 38 nitrogen and oxygen atoms in total. The Labute approximate surface area is 671 Å². The monoisotopic (exact) mass is 1650 g/mol. The molecule has 652 valence electrons. The quantitative estimate of drug-likeness (QED) is 0.0181. The van der Waals surface area contributed by atoms with E-state index in [0.717, 1.165) is 6.92 Å². The zero-order valence-electron chi connectivity index (χ0n) is 68.3. The first-order valence-electron chi connectivity index (χ1n) is 37.2. The molecule has 2 aromatic carbocycles. The van der Waals surface area contributed by atoms with Crippen LogP contribution in [0.4, 0.5) is 28.4 Å². The highest BCUT2D eigenvalue weighted by atomic mass is 19.4. The van der Waals surface area contributed by atoms with Gasteiger partial charge in [0, 0.05) is 12.2 Å². The van der Waals surface area contributed by atoms with E-state index in [9.17, 15) is 72.0 Å². The molecule has 0 aromatic heterocycles. The summed E-state index contributed by atoms with van der Waals surface area (Å²) in [6.45, 7) is 21.9. The lowest BCUT2D eigenvalue weighted by Gasteiger charge is -2.49. The van der Waals surface area contributed by atoms with E-state index in [1.165, 1.54) is 58.9 Å². The topological polar surface area (TPSA) is 641 Å². The van der Waals surface area contributed by atoms with Crippen LogP contribution in [-0.2, 0) is 84.8 Å². The molecule has 0 bridgehead atoms. The van der Waals surface area contributed by atoms with Gasteiger partial charge in [0.2, 0.25) is 41.4 Å². The van der Waals surface area contributed by atoms with Crippen LogP contribution in [-0.4, -0.2) is 229 Å². The van der Waals surface area contributed by atoms with E-state index in [2.05, 4.69) is 42.5 Å². The van der Waals surface area contributed by atoms with Gasteiger partial charge < -0.3 is 106 Å². The Bertz CT molecular complexity index is 3740. The number of carbonyl (C=O) groups excluding carboxylic acids is 13. The van der Waals surface area contributed by atoms with E-state index in [0.29, 0.717) is 5.56 Å². The molecular formula is C75H119F3N16O22. The first kappa shape index (κ1) is 104. The number of carbonyl (C=O) groups is 15. The van der Waals surface area contributed by atoms with Gasteiger partial charge >= 0.3 is 30.3 Å². The van der Waals surface area contributed by atoms with Gasteiger partial charge in [0.05, 0.1) is 49.8 Å². The number of guanidine groups is 1. The number of nitrogens with one attached hydrogen (secondary N) is 10. The number of primary amides is 1. The second kappa shape index (κ2) is 46.3. The number of aliphatic hydroxyl groups excluding tert-OH is 3. The number of ether oxygens (including phenoxy) is 2. The smallest absolute Gasteiger partial charge is 0.480 e. The zero-order chi connectivity index (χ0) is 89.6. The van der Waals surface area contributed by atoms with Gasteiger partial charge in [-0.2, -0.15) is 13.2 Å². The number of hydrogen-bond donors (Lipinski definition) is 20. The van der Waals surface area contributed by atoms with Crippen LogP contribution in [0.2, 0.25) is 0 Å². The lowest BCUT2D eigenvalue weighted by atomic mass is 9.65. The maximum Gasteiger partial charge on any atom is 0.490 e. The second-order valence-corrected chi connectivity index (χ2v) is 32.1. The Morgan fingerprint density at radius 3 is 1.65 bits per heavy atom. The molecule has 116 heavy (non-hydrogen) atoms. The summed E-state index contributed by atoms with van der Waals surface area (Å²) in [4.78, 5) is 214. The predicted molar refractivity (Wildman–Crippen MR) is 415 cm³/mol. The van der Waals surface area contributed by atoms with Gasteiger partial charge in [-0.15, -0.1) is 0 Å². The first-order valence-corrected chi connectivity index (χ1v) is 37.2. The van der Waals surface area contributed by atoms with Crippen molar-refractivity contribution in [1.82, 2.24) is 47.4 Å². The number of rotatable bonds is 42. The van der Waals surface area contributed by atoms with E-state index < -0.39 is 252 Å². The number of aliphatic carboxylic acids is 2. The Balaban J connectivity index is 0.00000915. The summed E-state index contributed by atoms with van der Waals surface area (Å²) < 4.78 is 42.8. The molecular weight excluding hydrogens is 1530 g/mol. The molecule has 2 unspecified atom stereocenters. The first-order chi connectivity index (χ1) is 53.3. The molecule has 2 rings (SSSR count). The molecule has 2 aromatic rings. The van der Waals surface area contributed by atoms with Gasteiger partial charge in [0.15, 0.2) is 23.1 Å². The van der Waals surface area contributed by atoms with Crippen molar-refractivity contribution in [2.24, 2.45) is 63.2 Å². The lowest BCUT2D eigenvalue weighted by molar-refractivity contribution is -0.192. The molecule has 25 N–H and O–H groups in total. The fraction of sp³-hybridized carbons (Fsp3) is 0.627. The number of benzene rings is 2. The molecule has 0 heterocycles. The van der Waals surface area contributed by atoms with Crippen molar-refractivity contribution in [1.29, 1.82) is 5.41 Å². The van der Waals surface area contributed by atoms with Crippen molar-refractivity contribution >= 4 is 101 Å². The number of nitrogens with zero attached hydrogens (tertiary/aromatic N) is 1. The van der Waals surface area contributed by atoms with Crippen molar-refractivity contribution in [3.63, 3.8) is 0 Å². The van der Waals surface area contributed by atoms with E-state index >= 15 is 28.8 Å². The highest BCUT2D eigenvalue weighted by Crippen LogP contribution is 2.40. The number of imide groups is 1. The molecule has 0 aliphatic rings. The lowest BCUT2D eigenvalue weighted by Crippen LogP contribution is -2.79. The van der Waals surface area contributed by atoms with E-state index in [1.807, 2.05) is 5.32 Å². The van der Waals surface area contributed by atoms with E-state index in [-0.39, 0.29) is 48.6 Å². The Hall–Kier alpha value is -10.5. The van der Waals surface area contributed by atoms with Crippen LogP contribution in [0.5, 0.6) is 0 Å². The Morgan fingerprint density at radius 2 is 1.16 bits per heavy atom. The van der Waals surface area contributed by atoms with Gasteiger partial charge in [-0.05, 0) is 112 Å². The number of alkyl carbamates (subject to hydrolysis) is 1. The standard InChI is InChI=1S/C73H118N16O20.C2HF3O2/c1-17-39(6)54(62(100)88-55(40(7)91)61(99)81-34-51(93)83-47(31-50(76)92)60(98)84-49(35-90)65(103)104)87-59(97)46(27-22-28-80-67(78)79)85-66(105)73(58(96)45(75)32-70(8,9)10,52(37(2)3)57(95)44(74)30-42-25-21-26-43(29-42)82-69(107)109-72(14,15)16)89(64(102)53(77)56(94)38(4)5)63(101)48(33-71(11,12)13)86-68(106)108-36-41-23-19-18-20-24-41;3-2(4,5)1(6)7/h18-21,23-26,29,37-40,44-49,52-56,90-91,94H,17,22,27-28,30-36,74-75,77H2,1-16H3,(H2,76,92)(H,81,99)(H,82,107)(H,83,93)(H,84,98)(H,85,105)(H,86,106)(H,87,97)(H,88,100)(H,103,104)(H4,78,79,80);(H,6,7)/t39?,40-,44-,45-,46+,47-,48+,49-,52?,53-,54-,55-,56+,73+;/m0./s1. The fourth-order valence-corrected chi connectivity index (χ4v) is 11.7. The largest absolute Gasteiger partial charge is 0.490 e. The number of nitrogens with two attached hydrogens (primary N) is 5. The third-order valence-electron chi connectivity index (χ3n) is 17.4. The van der Waals surface area contributed by atoms with Crippen LogP contribution in [0.25, 0.3) is 0 Å². The predicted octanol–water partition coefficient (Wildman–Crippen LogP) is 0.0627. The molecule has 0 spiro atoms. The second-order valence-electron chi connectivity index (χ2n) is 32.1. The van der Waals surface area contributed by atoms with E-state index in [4.69, 9.17) is 53.5 Å². The van der Waals surface area contributed by atoms with E-state index in [1.54, 1.807) is 99.6 Å². The average Bonchev–Trinajstić information content (AvgIpc) is 0.716. The number of aliphatic hydroxyl groups is 3. The number of alkyl halides is 3. The fourth-order valence-electron chi connectivity index (χ4n) is 11.7. The van der Waals surface area contributed by atoms with Gasteiger partial charge in [-0.3, -0.25) is 68.4 Å². The number of amides is 11. The number of carboxylic acid groups (broad SMARTS) is 2. The number of carboxylic acids is 2. The highest BCUT2D eigenvalue weighted by Gasteiger charge is 2.66. The molecule has 0 fully saturated rings. The van der Waals surface area contributed by atoms with Gasteiger partial charge in [0.25, 0.3) is 11.8 Å². The molecule has 0 saturated heterocycles. The molecule has 11 amide bonds. The SMILES string of the molecule is CCC(C)[C@H](NC(=O)[C@@H](CCCNC(=N)N)NC(=O)[C@](C(=O)[C@@H](N)CC(C)(C)C)(C(C(=O)[C@@H](N)Cc1cccc(NC(=O)OC(C)(C)C)c1)C(C)C)N(C(=O)[C@@H](N)[C@H](O)C(C)C)C(=O)[C@@H](CC(C)(C)C)NC(=O)OCc1ccccc1)C(=O)N[C@H](C(=O)NCC(=O)N[C@@H](CC(N)=O)C(=O)N[C@@H](CO)C(=O)O)[C@H](C)O.O=C(O)C(F)(F)F. The van der Waals surface area contributed by atoms with Crippen molar-refractivity contribution in [3.8, 4) is 0 Å². The number of Topliss-reactive ketones (excluding diaryl/α,β-unsaturated/α-hetero) is 2. The average molecular weight is 1650 g/mol. The normalized spacial score (nSPS) is 15.6. The molecule has 41 heteroatoms.